The number of amides is 2. The number of hydrogen-bond donors (Lipinski definition) is 3. The monoisotopic (exact) mass is 465 g/mol. The fourth-order valence-corrected chi connectivity index (χ4v) is 2.73. The number of benzene rings is 2. The summed E-state index contributed by atoms with van der Waals surface area (Å²) in [7, 11) is 1.59. The van der Waals surface area contributed by atoms with Crippen molar-refractivity contribution in [3.05, 3.63) is 63.6 Å². The zero-order chi connectivity index (χ0) is 20.5. The van der Waals surface area contributed by atoms with Crippen LogP contribution < -0.4 is 20.9 Å². The molecule has 0 aliphatic carbocycles. The Hall–Kier alpha value is -2.49. The first-order valence-electron chi connectivity index (χ1n) is 8.30. The van der Waals surface area contributed by atoms with Gasteiger partial charge < -0.3 is 9.47 Å². The molecule has 0 aliphatic heterocycles. The van der Waals surface area contributed by atoms with E-state index in [0.29, 0.717) is 34.6 Å². The fourth-order valence-electron chi connectivity index (χ4n) is 2.09. The second-order valence-corrected chi connectivity index (χ2v) is 6.98. The molecular weight excluding hydrogens is 446 g/mol. The summed E-state index contributed by atoms with van der Waals surface area (Å²) < 4.78 is 11.1. The van der Waals surface area contributed by atoms with E-state index in [-0.39, 0.29) is 11.0 Å². The van der Waals surface area contributed by atoms with Crippen molar-refractivity contribution in [1.29, 1.82) is 0 Å². The number of rotatable bonds is 6. The number of ether oxygens (including phenoxy) is 2. The molecule has 0 radical (unpaired) electrons. The third-order valence-electron chi connectivity index (χ3n) is 3.57. The van der Waals surface area contributed by atoms with Gasteiger partial charge in [0, 0.05) is 18.2 Å². The lowest BCUT2D eigenvalue weighted by atomic mass is 10.1. The van der Waals surface area contributed by atoms with E-state index >= 15 is 0 Å². The van der Waals surface area contributed by atoms with E-state index < -0.39 is 5.91 Å². The topological polar surface area (TPSA) is 88.7 Å². The van der Waals surface area contributed by atoms with Crippen molar-refractivity contribution in [3.8, 4) is 5.75 Å². The first-order valence-corrected chi connectivity index (χ1v) is 9.50. The van der Waals surface area contributed by atoms with Gasteiger partial charge >= 0.3 is 0 Å². The van der Waals surface area contributed by atoms with Crippen LogP contribution in [0.1, 0.15) is 26.3 Å². The van der Waals surface area contributed by atoms with Gasteiger partial charge in [-0.15, -0.1) is 0 Å². The van der Waals surface area contributed by atoms with Crippen molar-refractivity contribution in [1.82, 2.24) is 16.2 Å². The highest BCUT2D eigenvalue weighted by atomic mass is 79.9. The Morgan fingerprint density at radius 3 is 2.32 bits per heavy atom. The van der Waals surface area contributed by atoms with Gasteiger partial charge in [0.2, 0.25) is 0 Å². The van der Waals surface area contributed by atoms with E-state index in [4.69, 9.17) is 21.7 Å². The number of thiocarbonyl (C=S) groups is 1. The van der Waals surface area contributed by atoms with Gasteiger partial charge in [0.15, 0.2) is 5.11 Å². The van der Waals surface area contributed by atoms with Crippen molar-refractivity contribution in [2.75, 3.05) is 20.3 Å². The van der Waals surface area contributed by atoms with Crippen molar-refractivity contribution >= 4 is 45.1 Å². The molecule has 28 heavy (non-hydrogen) atoms. The molecule has 7 nitrogen and oxygen atoms in total. The molecule has 0 spiro atoms. The number of nitrogens with one attached hydrogen (secondary N) is 3. The Balaban J connectivity index is 1.86. The molecule has 0 unspecified atom stereocenters. The number of carbonyl (C=O) groups is 2. The largest absolute Gasteiger partial charge is 0.490 e. The smallest absolute Gasteiger partial charge is 0.269 e. The van der Waals surface area contributed by atoms with Gasteiger partial charge in [0.05, 0.1) is 11.1 Å². The quantitative estimate of drug-likeness (QED) is 0.345. The van der Waals surface area contributed by atoms with Gasteiger partial charge in [-0.1, -0.05) is 17.7 Å². The summed E-state index contributed by atoms with van der Waals surface area (Å²) in [5.41, 5.74) is 6.84. The Bertz CT molecular complexity index is 859. The van der Waals surface area contributed by atoms with Crippen molar-refractivity contribution in [3.63, 3.8) is 0 Å². The number of hydrazine groups is 1. The molecule has 2 rings (SSSR count). The van der Waals surface area contributed by atoms with E-state index in [2.05, 4.69) is 32.1 Å². The fraction of sp³-hybridized carbons (Fsp3) is 0.211. The Morgan fingerprint density at radius 1 is 1.00 bits per heavy atom. The van der Waals surface area contributed by atoms with Crippen LogP contribution in [0.15, 0.2) is 46.9 Å². The molecule has 0 saturated carbocycles. The standard InChI is InChI=1S/C19H20BrN3O4S/c1-12-3-5-13(6-4-12)18(25)22-23-19(28)21-17(24)14-7-8-16(15(20)11-14)27-10-9-26-2/h3-8,11H,9-10H2,1-2H3,(H,22,25)(H2,21,23,24,28). The lowest BCUT2D eigenvalue weighted by molar-refractivity contribution is 0.0934. The van der Waals surface area contributed by atoms with Gasteiger partial charge in [-0.2, -0.15) is 0 Å². The zero-order valence-electron chi connectivity index (χ0n) is 15.4. The predicted molar refractivity (Wildman–Crippen MR) is 113 cm³/mol. The van der Waals surface area contributed by atoms with Gasteiger partial charge in [0.1, 0.15) is 12.4 Å². The van der Waals surface area contributed by atoms with E-state index in [0.717, 1.165) is 5.56 Å². The molecule has 2 amide bonds. The highest BCUT2D eigenvalue weighted by Gasteiger charge is 2.12. The second kappa shape index (κ2) is 10.7. The molecule has 0 aliphatic rings. The number of carbonyl (C=O) groups excluding carboxylic acids is 2. The average molecular weight is 466 g/mol. The number of methoxy groups -OCH3 is 1. The molecule has 9 heteroatoms. The van der Waals surface area contributed by atoms with Crippen LogP contribution in [0.3, 0.4) is 0 Å². The third kappa shape index (κ3) is 6.59. The minimum atomic E-state index is -0.425. The zero-order valence-corrected chi connectivity index (χ0v) is 17.8. The highest BCUT2D eigenvalue weighted by Crippen LogP contribution is 2.26. The van der Waals surface area contributed by atoms with E-state index in [1.54, 1.807) is 37.4 Å². The van der Waals surface area contributed by atoms with Crippen LogP contribution in [-0.4, -0.2) is 37.3 Å². The molecule has 0 saturated heterocycles. The predicted octanol–water partition coefficient (Wildman–Crippen LogP) is 2.73. The molecular formula is C19H20BrN3O4S. The lowest BCUT2D eigenvalue weighted by Crippen LogP contribution is -2.48. The molecule has 0 atom stereocenters. The molecule has 3 N–H and O–H groups in total. The minimum Gasteiger partial charge on any atom is -0.490 e. The van der Waals surface area contributed by atoms with Crippen LogP contribution in [0, 0.1) is 6.92 Å². The summed E-state index contributed by atoms with van der Waals surface area (Å²) in [4.78, 5) is 24.3. The Labute approximate surface area is 176 Å². The van der Waals surface area contributed by atoms with Crippen LogP contribution >= 0.6 is 28.1 Å². The molecule has 2 aromatic rings. The molecule has 0 heterocycles. The van der Waals surface area contributed by atoms with Gasteiger partial charge in [-0.3, -0.25) is 25.8 Å². The first-order chi connectivity index (χ1) is 13.4. The van der Waals surface area contributed by atoms with Crippen LogP contribution in [-0.2, 0) is 4.74 Å². The minimum absolute atomic E-state index is 0.0259. The summed E-state index contributed by atoms with van der Waals surface area (Å²) in [6, 6.07) is 11.9. The normalized spacial score (nSPS) is 10.1. The Kier molecular flexibility index (Phi) is 8.37. The van der Waals surface area contributed by atoms with Crippen LogP contribution in [0.5, 0.6) is 5.75 Å². The molecule has 148 valence electrons. The van der Waals surface area contributed by atoms with E-state index in [9.17, 15) is 9.59 Å². The van der Waals surface area contributed by atoms with Crippen LogP contribution in [0.25, 0.3) is 0 Å². The number of hydrogen-bond acceptors (Lipinski definition) is 5. The maximum atomic E-state index is 12.3. The number of halogens is 1. The van der Waals surface area contributed by atoms with Crippen molar-refractivity contribution in [2.24, 2.45) is 0 Å². The summed E-state index contributed by atoms with van der Waals surface area (Å²) in [6.45, 7) is 2.79. The molecule has 0 aromatic heterocycles. The maximum Gasteiger partial charge on any atom is 0.269 e. The highest BCUT2D eigenvalue weighted by molar-refractivity contribution is 9.10. The second-order valence-electron chi connectivity index (χ2n) is 5.71. The summed E-state index contributed by atoms with van der Waals surface area (Å²) in [6.07, 6.45) is 0. The van der Waals surface area contributed by atoms with E-state index in [1.165, 1.54) is 0 Å². The molecule has 2 aromatic carbocycles. The lowest BCUT2D eigenvalue weighted by Gasteiger charge is -2.12. The van der Waals surface area contributed by atoms with Crippen molar-refractivity contribution in [2.45, 2.75) is 6.92 Å². The molecule has 0 bridgehead atoms. The van der Waals surface area contributed by atoms with Crippen LogP contribution in [0.4, 0.5) is 0 Å². The van der Waals surface area contributed by atoms with Gasteiger partial charge in [0.25, 0.3) is 11.8 Å². The Morgan fingerprint density at radius 2 is 1.68 bits per heavy atom. The van der Waals surface area contributed by atoms with Gasteiger partial charge in [-0.25, -0.2) is 0 Å². The van der Waals surface area contributed by atoms with Crippen LogP contribution in [0.2, 0.25) is 0 Å². The SMILES string of the molecule is COCCOc1ccc(C(=O)NC(=S)NNC(=O)c2ccc(C)cc2)cc1Br. The average Bonchev–Trinajstić information content (AvgIpc) is 2.68. The molecule has 0 fully saturated rings. The van der Waals surface area contributed by atoms with Gasteiger partial charge in [-0.05, 0) is 65.4 Å². The summed E-state index contributed by atoms with van der Waals surface area (Å²) in [5.74, 6) is -0.192. The maximum absolute atomic E-state index is 12.3. The summed E-state index contributed by atoms with van der Waals surface area (Å²) >= 11 is 8.40. The van der Waals surface area contributed by atoms with E-state index in [1.807, 2.05) is 19.1 Å². The number of aryl methyl sites for hydroxylation is 1. The van der Waals surface area contributed by atoms with Crippen molar-refractivity contribution < 1.29 is 19.1 Å². The summed E-state index contributed by atoms with van der Waals surface area (Å²) in [5, 5.41) is 2.47. The third-order valence-corrected chi connectivity index (χ3v) is 4.39. The first kappa shape index (κ1) is 21.8.